The summed E-state index contributed by atoms with van der Waals surface area (Å²) in [6, 6.07) is 4.92. The molecule has 3 rings (SSSR count). The molecule has 2 aromatic rings. The van der Waals surface area contributed by atoms with E-state index in [0.717, 1.165) is 24.2 Å². The molecule has 7 nitrogen and oxygen atoms in total. The SMILES string of the molecule is CC(Sc1nnc(C2CC2)n1CCC(N)=O)C(=O)NC(C)c1ccc(Cl)cc1Cl. The lowest BCUT2D eigenvalue weighted by Crippen LogP contribution is -2.33. The van der Waals surface area contributed by atoms with Crippen LogP contribution in [0.1, 0.15) is 56.5 Å². The van der Waals surface area contributed by atoms with Crippen LogP contribution >= 0.6 is 35.0 Å². The van der Waals surface area contributed by atoms with E-state index in [1.54, 1.807) is 25.1 Å². The minimum absolute atomic E-state index is 0.147. The topological polar surface area (TPSA) is 103 Å². The molecule has 1 aliphatic carbocycles. The van der Waals surface area contributed by atoms with Crippen molar-refractivity contribution in [3.8, 4) is 0 Å². The van der Waals surface area contributed by atoms with Gasteiger partial charge >= 0.3 is 0 Å². The molecule has 10 heteroatoms. The molecule has 156 valence electrons. The standard InChI is InChI=1S/C19H23Cl2N5O2S/c1-10(14-6-5-13(20)9-15(14)21)23-18(28)11(2)29-19-25-24-17(12-3-4-12)26(19)8-7-16(22)27/h5-6,9-12H,3-4,7-8H2,1-2H3,(H2,22,27)(H,23,28). The largest absolute Gasteiger partial charge is 0.370 e. The number of benzene rings is 1. The number of carbonyl (C=O) groups excluding carboxylic acids is 2. The van der Waals surface area contributed by atoms with Gasteiger partial charge in [0.25, 0.3) is 0 Å². The summed E-state index contributed by atoms with van der Waals surface area (Å²) in [5, 5.41) is 12.7. The smallest absolute Gasteiger partial charge is 0.233 e. The molecule has 0 bridgehead atoms. The van der Waals surface area contributed by atoms with E-state index in [4.69, 9.17) is 28.9 Å². The van der Waals surface area contributed by atoms with Crippen LogP contribution in [0.25, 0.3) is 0 Å². The normalized spacial score (nSPS) is 15.7. The predicted octanol–water partition coefficient (Wildman–Crippen LogP) is 3.70. The van der Waals surface area contributed by atoms with E-state index in [-0.39, 0.29) is 24.3 Å². The van der Waals surface area contributed by atoms with Crippen molar-refractivity contribution >= 4 is 46.8 Å². The van der Waals surface area contributed by atoms with Crippen LogP contribution in [-0.2, 0) is 16.1 Å². The van der Waals surface area contributed by atoms with E-state index in [1.807, 2.05) is 11.5 Å². The summed E-state index contributed by atoms with van der Waals surface area (Å²) in [5.41, 5.74) is 6.09. The number of nitrogens with zero attached hydrogens (tertiary/aromatic N) is 3. The number of halogens is 2. The number of nitrogens with one attached hydrogen (secondary N) is 1. The van der Waals surface area contributed by atoms with E-state index >= 15 is 0 Å². The number of aromatic nitrogens is 3. The molecule has 0 aliphatic heterocycles. The van der Waals surface area contributed by atoms with E-state index in [1.165, 1.54) is 11.8 Å². The van der Waals surface area contributed by atoms with Gasteiger partial charge in [0.05, 0.1) is 11.3 Å². The Morgan fingerprint density at radius 3 is 2.66 bits per heavy atom. The zero-order chi connectivity index (χ0) is 21.1. The molecule has 3 N–H and O–H groups in total. The van der Waals surface area contributed by atoms with E-state index < -0.39 is 5.25 Å². The highest BCUT2D eigenvalue weighted by Crippen LogP contribution is 2.40. The minimum atomic E-state index is -0.410. The van der Waals surface area contributed by atoms with Crippen molar-refractivity contribution < 1.29 is 9.59 Å². The first kappa shape index (κ1) is 21.9. The Labute approximate surface area is 183 Å². The average molecular weight is 456 g/mol. The number of nitrogens with two attached hydrogens (primary N) is 1. The lowest BCUT2D eigenvalue weighted by atomic mass is 10.1. The Bertz CT molecular complexity index is 916. The first-order valence-corrected chi connectivity index (χ1v) is 11.0. The molecule has 0 saturated heterocycles. The summed E-state index contributed by atoms with van der Waals surface area (Å²) >= 11 is 13.5. The molecule has 1 aromatic carbocycles. The van der Waals surface area contributed by atoms with Crippen LogP contribution in [0.15, 0.2) is 23.4 Å². The predicted molar refractivity (Wildman–Crippen MR) is 114 cm³/mol. The molecule has 2 atom stereocenters. The molecule has 1 heterocycles. The number of rotatable bonds is 9. The highest BCUT2D eigenvalue weighted by Gasteiger charge is 2.31. The van der Waals surface area contributed by atoms with Gasteiger partial charge in [-0.3, -0.25) is 9.59 Å². The number of carbonyl (C=O) groups is 2. The molecule has 2 unspecified atom stereocenters. The van der Waals surface area contributed by atoms with Gasteiger partial charge in [-0.15, -0.1) is 10.2 Å². The van der Waals surface area contributed by atoms with Crippen molar-refractivity contribution in [3.63, 3.8) is 0 Å². The van der Waals surface area contributed by atoms with Gasteiger partial charge in [-0.2, -0.15) is 0 Å². The highest BCUT2D eigenvalue weighted by molar-refractivity contribution is 8.00. The van der Waals surface area contributed by atoms with Gasteiger partial charge in [0, 0.05) is 28.9 Å². The summed E-state index contributed by atoms with van der Waals surface area (Å²) in [6.07, 6.45) is 2.33. The Kier molecular flexibility index (Phi) is 7.08. The molecule has 1 saturated carbocycles. The van der Waals surface area contributed by atoms with Crippen LogP contribution in [0.5, 0.6) is 0 Å². The van der Waals surface area contributed by atoms with Crippen molar-refractivity contribution in [2.75, 3.05) is 0 Å². The maximum absolute atomic E-state index is 12.7. The highest BCUT2D eigenvalue weighted by atomic mass is 35.5. The molecular formula is C19H23Cl2N5O2S. The second-order valence-electron chi connectivity index (χ2n) is 7.14. The number of primary amides is 1. The van der Waals surface area contributed by atoms with Crippen LogP contribution in [0, 0.1) is 0 Å². The zero-order valence-electron chi connectivity index (χ0n) is 16.2. The average Bonchev–Trinajstić information content (AvgIpc) is 3.41. The maximum atomic E-state index is 12.7. The first-order valence-electron chi connectivity index (χ1n) is 9.39. The number of thioether (sulfide) groups is 1. The van der Waals surface area contributed by atoms with E-state index in [2.05, 4.69) is 15.5 Å². The number of hydrogen-bond acceptors (Lipinski definition) is 5. The van der Waals surface area contributed by atoms with Crippen LogP contribution in [-0.4, -0.2) is 31.8 Å². The molecule has 1 aliphatic rings. The fourth-order valence-electron chi connectivity index (χ4n) is 2.94. The quantitative estimate of drug-likeness (QED) is 0.561. The van der Waals surface area contributed by atoms with Crippen LogP contribution < -0.4 is 11.1 Å². The third-order valence-corrected chi connectivity index (χ3v) is 6.35. The summed E-state index contributed by atoms with van der Waals surface area (Å²) in [7, 11) is 0. The third kappa shape index (κ3) is 5.65. The third-order valence-electron chi connectivity index (χ3n) is 4.71. The van der Waals surface area contributed by atoms with Gasteiger partial charge in [-0.05, 0) is 44.4 Å². The van der Waals surface area contributed by atoms with Crippen molar-refractivity contribution in [2.24, 2.45) is 5.73 Å². The summed E-state index contributed by atoms with van der Waals surface area (Å²) < 4.78 is 1.91. The molecular weight excluding hydrogens is 433 g/mol. The van der Waals surface area contributed by atoms with Crippen LogP contribution in [0.4, 0.5) is 0 Å². The lowest BCUT2D eigenvalue weighted by molar-refractivity contribution is -0.121. The maximum Gasteiger partial charge on any atom is 0.233 e. The second-order valence-corrected chi connectivity index (χ2v) is 9.29. The van der Waals surface area contributed by atoms with E-state index in [9.17, 15) is 9.59 Å². The molecule has 0 spiro atoms. The van der Waals surface area contributed by atoms with Gasteiger partial charge < -0.3 is 15.6 Å². The Balaban J connectivity index is 1.66. The Morgan fingerprint density at radius 1 is 1.31 bits per heavy atom. The molecule has 1 aromatic heterocycles. The van der Waals surface area contributed by atoms with Gasteiger partial charge in [0.15, 0.2) is 5.16 Å². The van der Waals surface area contributed by atoms with Gasteiger partial charge in [-0.25, -0.2) is 0 Å². The van der Waals surface area contributed by atoms with Crippen molar-refractivity contribution in [3.05, 3.63) is 39.6 Å². The van der Waals surface area contributed by atoms with E-state index in [0.29, 0.717) is 27.7 Å². The number of hydrogen-bond donors (Lipinski definition) is 2. The lowest BCUT2D eigenvalue weighted by Gasteiger charge is -2.19. The monoisotopic (exact) mass is 455 g/mol. The molecule has 2 amide bonds. The van der Waals surface area contributed by atoms with Gasteiger partial charge in [0.1, 0.15) is 5.82 Å². The molecule has 1 fully saturated rings. The molecule has 29 heavy (non-hydrogen) atoms. The van der Waals surface area contributed by atoms with Gasteiger partial charge in [-0.1, -0.05) is 41.0 Å². The van der Waals surface area contributed by atoms with Crippen LogP contribution in [0.2, 0.25) is 10.0 Å². The Morgan fingerprint density at radius 2 is 2.03 bits per heavy atom. The molecule has 0 radical (unpaired) electrons. The van der Waals surface area contributed by atoms with Crippen molar-refractivity contribution in [2.45, 2.75) is 62.0 Å². The minimum Gasteiger partial charge on any atom is -0.370 e. The van der Waals surface area contributed by atoms with Gasteiger partial charge in [0.2, 0.25) is 11.8 Å². The van der Waals surface area contributed by atoms with Crippen LogP contribution in [0.3, 0.4) is 0 Å². The Hall–Kier alpha value is -1.77. The fraction of sp³-hybridized carbons (Fsp3) is 0.474. The summed E-state index contributed by atoms with van der Waals surface area (Å²) in [5.74, 6) is 0.713. The fourth-order valence-corrected chi connectivity index (χ4v) is 4.40. The number of amides is 2. The zero-order valence-corrected chi connectivity index (χ0v) is 18.5. The van der Waals surface area contributed by atoms with Crippen molar-refractivity contribution in [1.29, 1.82) is 0 Å². The summed E-state index contributed by atoms with van der Waals surface area (Å²) in [6.45, 7) is 4.09. The first-order chi connectivity index (χ1) is 13.8. The summed E-state index contributed by atoms with van der Waals surface area (Å²) in [4.78, 5) is 23.9. The second kappa shape index (κ2) is 9.36. The van der Waals surface area contributed by atoms with Crippen molar-refractivity contribution in [1.82, 2.24) is 20.1 Å².